The Kier molecular flexibility index (Phi) is 27.2. The first-order valence-corrected chi connectivity index (χ1v) is 30.2. The van der Waals surface area contributed by atoms with Gasteiger partial charge in [-0.3, -0.25) is 47.9 Å². The largest absolute Gasteiger partial charge is 0.496 e. The van der Waals surface area contributed by atoms with Crippen molar-refractivity contribution in [2.45, 2.75) is 170 Å². The minimum Gasteiger partial charge on any atom is -0.496 e. The number of aromatic amines is 2. The van der Waals surface area contributed by atoms with Crippen molar-refractivity contribution in [2.75, 3.05) is 26.7 Å². The molecule has 0 spiro atoms. The van der Waals surface area contributed by atoms with Crippen molar-refractivity contribution in [2.24, 2.45) is 46.3 Å². The monoisotopic (exact) mass is 1280 g/mol. The highest BCUT2D eigenvalue weighted by Crippen LogP contribution is 2.40. The number of carbonyl (C=O) groups excluding carboxylic acids is 9. The van der Waals surface area contributed by atoms with E-state index in [1.54, 1.807) is 37.4 Å². The summed E-state index contributed by atoms with van der Waals surface area (Å²) in [5.41, 5.74) is -3.34. The maximum Gasteiger partial charge on any atom is 0.404 e. The molecule has 2 aliphatic carbocycles. The van der Waals surface area contributed by atoms with Crippen LogP contribution in [0.25, 0.3) is 21.8 Å². The maximum atomic E-state index is 13.6. The van der Waals surface area contributed by atoms with Gasteiger partial charge in [0.05, 0.1) is 43.6 Å². The van der Waals surface area contributed by atoms with Gasteiger partial charge in [-0.1, -0.05) is 52.7 Å². The van der Waals surface area contributed by atoms with Crippen molar-refractivity contribution >= 4 is 91.9 Å². The van der Waals surface area contributed by atoms with E-state index in [-0.39, 0.29) is 89.8 Å². The Morgan fingerprint density at radius 2 is 1.01 bits per heavy atom. The van der Waals surface area contributed by atoms with Gasteiger partial charge in [-0.25, -0.2) is 0 Å². The Balaban J connectivity index is 0.000000335. The molecule has 0 saturated heterocycles. The van der Waals surface area contributed by atoms with Gasteiger partial charge >= 0.3 is 24.3 Å². The van der Waals surface area contributed by atoms with Crippen LogP contribution in [0.3, 0.4) is 0 Å². The Morgan fingerprint density at radius 1 is 0.618 bits per heavy atom. The van der Waals surface area contributed by atoms with E-state index >= 15 is 0 Å². The number of ether oxygens (including phenoxy) is 3. The van der Waals surface area contributed by atoms with Gasteiger partial charge in [0.25, 0.3) is 0 Å². The van der Waals surface area contributed by atoms with E-state index in [9.17, 15) is 74.3 Å². The molecule has 492 valence electrons. The quantitative estimate of drug-likeness (QED) is 0.0161. The lowest BCUT2D eigenvalue weighted by atomic mass is 9.82. The standard InChI is InChI=1S/C32H41F3N2O7.C27H35ClN2O5.C5H7F3O2/c1-18(2)13-20(15-26(39)24-16-21-22(36-24)10-8-12-28(21)43-5)29(41)37-23(14-19-9-6-7-11-25(19)38)27(40)17-44-30(42)31(3,4)32(33,34)35;1-16(2)11-18(13-24(32)22-14-19-20(29-22)8-6-10-26(19)35-3)27(34)30-21(25(33)15-28)12-17-7-4-5-9-23(17)31;1-4(2,3(9)10)5(6,7)8/h8,10,12,16,18-20,23,36H,6-7,9,11,13-15,17H2,1-5H3,(H,37,41);6,8,10,14,16-18,21,29H,4-5,7,9,11-13,15H2,1-3H3,(H,30,34);1-2H3,(H,9,10)/t19-,20+,23-;17-,18+,21-;/m00./s1. The topological polar surface area (TPSA) is 274 Å². The number of nitrogens with one attached hydrogen (secondary N) is 4. The molecule has 4 aromatic rings. The van der Waals surface area contributed by atoms with E-state index in [4.69, 9.17) is 30.9 Å². The van der Waals surface area contributed by atoms with Crippen LogP contribution >= 0.6 is 11.6 Å². The second kappa shape index (κ2) is 32.6. The first-order chi connectivity index (χ1) is 41.5. The smallest absolute Gasteiger partial charge is 0.404 e. The maximum absolute atomic E-state index is 13.6. The number of Topliss-reactive ketones (excluding diaryl/α,β-unsaturated/α-hetero) is 6. The van der Waals surface area contributed by atoms with Crippen LogP contribution in [0.15, 0.2) is 48.5 Å². The Bertz CT molecular complexity index is 3160. The number of aliphatic carboxylic acids is 1. The Hall–Kier alpha value is -7.11. The number of aromatic nitrogens is 2. The molecule has 2 aliphatic rings. The van der Waals surface area contributed by atoms with Crippen LogP contribution in [0.2, 0.25) is 0 Å². The number of carboxylic acids is 1. The summed E-state index contributed by atoms with van der Waals surface area (Å²) in [6, 6.07) is 12.1. The summed E-state index contributed by atoms with van der Waals surface area (Å²) in [6.45, 7) is 9.27. The van der Waals surface area contributed by atoms with E-state index in [1.165, 1.54) is 7.11 Å². The van der Waals surface area contributed by atoms with E-state index in [0.29, 0.717) is 94.3 Å². The van der Waals surface area contributed by atoms with E-state index in [1.807, 2.05) is 45.9 Å². The molecule has 0 unspecified atom stereocenters. The number of carbonyl (C=O) groups is 10. The second-order valence-electron chi connectivity index (χ2n) is 24.7. The molecule has 89 heavy (non-hydrogen) atoms. The van der Waals surface area contributed by atoms with Gasteiger partial charge in [-0.05, 0) is 127 Å². The lowest BCUT2D eigenvalue weighted by molar-refractivity contribution is -0.225. The van der Waals surface area contributed by atoms with Crippen LogP contribution in [-0.2, 0) is 43.1 Å². The molecule has 2 aromatic heterocycles. The number of esters is 1. The van der Waals surface area contributed by atoms with Crippen molar-refractivity contribution in [3.63, 3.8) is 0 Å². The molecule has 6 rings (SSSR count). The average molecular weight is 1280 g/mol. The number of methoxy groups -OCH3 is 2. The van der Waals surface area contributed by atoms with Crippen LogP contribution in [0.1, 0.15) is 166 Å². The number of benzene rings is 2. The van der Waals surface area contributed by atoms with Gasteiger partial charge in [0.15, 0.2) is 40.6 Å². The van der Waals surface area contributed by atoms with Crippen molar-refractivity contribution in [3.8, 4) is 11.5 Å². The number of H-pyrrole nitrogens is 2. The molecular weight excluding hydrogens is 1200 g/mol. The van der Waals surface area contributed by atoms with Crippen molar-refractivity contribution in [1.82, 2.24) is 20.6 Å². The third-order valence-electron chi connectivity index (χ3n) is 16.2. The third-order valence-corrected chi connectivity index (χ3v) is 16.4. The van der Waals surface area contributed by atoms with Crippen LogP contribution in [0, 0.1) is 46.3 Å². The summed E-state index contributed by atoms with van der Waals surface area (Å²) in [5, 5.41) is 15.0. The zero-order valence-corrected chi connectivity index (χ0v) is 52.7. The summed E-state index contributed by atoms with van der Waals surface area (Å²) in [6.07, 6.45) is -3.45. The van der Waals surface area contributed by atoms with Crippen LogP contribution in [-0.4, -0.2) is 125 Å². The number of carboxylic acid groups (broad SMARTS) is 1. The minimum absolute atomic E-state index is 0.000914. The van der Waals surface area contributed by atoms with E-state index in [0.717, 1.165) is 36.6 Å². The van der Waals surface area contributed by atoms with Crippen molar-refractivity contribution in [3.05, 3.63) is 59.9 Å². The molecule has 25 heteroatoms. The van der Waals surface area contributed by atoms with Gasteiger partial charge in [-0.15, -0.1) is 11.6 Å². The SMILES string of the molecule is CC(C)(C(=O)O)C(F)(F)F.COc1cccc2[nH]c(C(=O)C[C@@H](CC(C)C)C(=O)N[C@@H](C[C@@H]3CCCCC3=O)C(=O)CCl)cc12.COc1cccc2[nH]c(C(=O)C[C@@H](CC(C)C)C(=O)N[C@@H](C[C@@H]3CCCCC3=O)C(=O)COC(=O)C(C)(C)C(F)(F)F)cc12. The number of hydrogen-bond donors (Lipinski definition) is 5. The Morgan fingerprint density at radius 3 is 1.34 bits per heavy atom. The first kappa shape index (κ1) is 74.4. The van der Waals surface area contributed by atoms with Gasteiger partial charge < -0.3 is 39.9 Å². The molecule has 2 aromatic carbocycles. The molecule has 2 heterocycles. The number of halogens is 7. The minimum atomic E-state index is -4.90. The number of fused-ring (bicyclic) bond motifs is 2. The summed E-state index contributed by atoms with van der Waals surface area (Å²) >= 11 is 5.82. The highest BCUT2D eigenvalue weighted by atomic mass is 35.5. The highest BCUT2D eigenvalue weighted by molar-refractivity contribution is 6.28. The molecular formula is C64H83ClF6N4O14. The van der Waals surface area contributed by atoms with Gasteiger partial charge in [-0.2, -0.15) is 26.3 Å². The fourth-order valence-corrected chi connectivity index (χ4v) is 10.5. The highest BCUT2D eigenvalue weighted by Gasteiger charge is 2.55. The van der Waals surface area contributed by atoms with Gasteiger partial charge in [0.2, 0.25) is 11.8 Å². The molecule has 0 bridgehead atoms. The third kappa shape index (κ3) is 20.7. The number of rotatable bonds is 27. The molecule has 0 aliphatic heterocycles. The summed E-state index contributed by atoms with van der Waals surface area (Å²) in [4.78, 5) is 132. The number of ketones is 6. The first-order valence-electron chi connectivity index (χ1n) is 29.7. The number of alkyl halides is 7. The van der Waals surface area contributed by atoms with Crippen molar-refractivity contribution < 1.29 is 93.6 Å². The average Bonchev–Trinajstić information content (AvgIpc) is 2.92. The molecule has 2 amide bonds. The molecule has 18 nitrogen and oxygen atoms in total. The lowest BCUT2D eigenvalue weighted by Gasteiger charge is -2.28. The van der Waals surface area contributed by atoms with Crippen LogP contribution < -0.4 is 20.1 Å². The van der Waals surface area contributed by atoms with E-state index < -0.39 is 83.3 Å². The zero-order valence-electron chi connectivity index (χ0n) is 52.0. The second-order valence-corrected chi connectivity index (χ2v) is 25.0. The Labute approximate surface area is 518 Å². The number of amides is 2. The predicted octanol–water partition coefficient (Wildman–Crippen LogP) is 12.3. The van der Waals surface area contributed by atoms with Crippen molar-refractivity contribution in [1.29, 1.82) is 0 Å². The van der Waals surface area contributed by atoms with Gasteiger partial charge in [0.1, 0.15) is 23.1 Å². The van der Waals surface area contributed by atoms with Crippen LogP contribution in [0.4, 0.5) is 26.3 Å². The lowest BCUT2D eigenvalue weighted by Crippen LogP contribution is -2.48. The molecule has 2 fully saturated rings. The normalized spacial score (nSPS) is 17.1. The summed E-state index contributed by atoms with van der Waals surface area (Å²) in [7, 11) is 3.09. The van der Waals surface area contributed by atoms with Crippen LogP contribution in [0.5, 0.6) is 11.5 Å². The number of hydrogen-bond acceptors (Lipinski definition) is 13. The summed E-state index contributed by atoms with van der Waals surface area (Å²) < 4.78 is 90.5. The fraction of sp³-hybridized carbons (Fsp3) is 0.594. The molecule has 2 saturated carbocycles. The molecule has 5 N–H and O–H groups in total. The van der Waals surface area contributed by atoms with E-state index in [2.05, 4.69) is 20.6 Å². The molecule has 6 atom stereocenters. The summed E-state index contributed by atoms with van der Waals surface area (Å²) in [5.74, 6) is -7.11. The predicted molar refractivity (Wildman–Crippen MR) is 320 cm³/mol. The zero-order chi connectivity index (χ0) is 66.9. The van der Waals surface area contributed by atoms with Gasteiger partial charge in [0, 0.05) is 71.2 Å². The fourth-order valence-electron chi connectivity index (χ4n) is 10.3. The molecule has 0 radical (unpaired) electrons.